The Labute approximate surface area is 167 Å². The van der Waals surface area contributed by atoms with Crippen LogP contribution in [0, 0.1) is 13.8 Å². The molecule has 3 aromatic rings. The van der Waals surface area contributed by atoms with E-state index in [4.69, 9.17) is 11.6 Å². The number of thioether (sulfide) groups is 1. The third-order valence-corrected chi connectivity index (χ3v) is 5.52. The number of aryl methyl sites for hydroxylation is 2. The lowest BCUT2D eigenvalue weighted by atomic mass is 10.1. The van der Waals surface area contributed by atoms with Gasteiger partial charge >= 0.3 is 0 Å². The molecule has 0 aliphatic rings. The van der Waals surface area contributed by atoms with Crippen LogP contribution in [0.2, 0.25) is 5.02 Å². The number of amides is 1. The van der Waals surface area contributed by atoms with Gasteiger partial charge in [-0.2, -0.15) is 4.68 Å². The highest BCUT2D eigenvalue weighted by atomic mass is 35.5. The molecule has 1 amide bonds. The van der Waals surface area contributed by atoms with Gasteiger partial charge in [-0.15, -0.1) is 5.10 Å². The Hall–Kier alpha value is -2.38. The van der Waals surface area contributed by atoms with Crippen LogP contribution in [0.5, 0.6) is 0 Å². The van der Waals surface area contributed by atoms with Crippen LogP contribution in [-0.4, -0.2) is 31.9 Å². The first-order valence-electron chi connectivity index (χ1n) is 8.48. The molecular weight excluding hydrogens is 382 g/mol. The summed E-state index contributed by atoms with van der Waals surface area (Å²) in [4.78, 5) is 12.3. The van der Waals surface area contributed by atoms with Crippen molar-refractivity contribution >= 4 is 29.3 Å². The van der Waals surface area contributed by atoms with Gasteiger partial charge in [0.15, 0.2) is 0 Å². The molecule has 27 heavy (non-hydrogen) atoms. The second-order valence-electron chi connectivity index (χ2n) is 6.24. The zero-order valence-electron chi connectivity index (χ0n) is 15.3. The van der Waals surface area contributed by atoms with Gasteiger partial charge in [0.1, 0.15) is 0 Å². The van der Waals surface area contributed by atoms with Crippen molar-refractivity contribution in [1.29, 1.82) is 0 Å². The Morgan fingerprint density at radius 1 is 1.22 bits per heavy atom. The molecule has 0 saturated carbocycles. The number of nitrogens with zero attached hydrogens (tertiary/aromatic N) is 4. The molecule has 0 fully saturated rings. The number of hydrogen-bond acceptors (Lipinski definition) is 5. The number of hydrogen-bond donors (Lipinski definition) is 1. The molecule has 3 rings (SSSR count). The highest BCUT2D eigenvalue weighted by molar-refractivity contribution is 7.99. The summed E-state index contributed by atoms with van der Waals surface area (Å²) in [5.74, 6) is 0.0991. The standard InChI is InChI=1S/C19H20ClN5OS/c1-12-8-9-15(10-13(12)2)25-19(22-23-24-25)27-11-18(26)21-14(3)16-6-4-5-7-17(16)20/h4-10,14H,11H2,1-3H3,(H,21,26)/t14-/m1/s1. The topological polar surface area (TPSA) is 72.7 Å². The third kappa shape index (κ3) is 4.67. The largest absolute Gasteiger partial charge is 0.349 e. The summed E-state index contributed by atoms with van der Waals surface area (Å²) >= 11 is 7.48. The van der Waals surface area contributed by atoms with E-state index in [1.54, 1.807) is 4.68 Å². The van der Waals surface area contributed by atoms with E-state index in [0.717, 1.165) is 16.8 Å². The Balaban J connectivity index is 1.64. The van der Waals surface area contributed by atoms with Crippen LogP contribution in [0.25, 0.3) is 5.69 Å². The molecule has 0 unspecified atom stereocenters. The summed E-state index contributed by atoms with van der Waals surface area (Å²) in [5, 5.41) is 16.0. The number of nitrogens with one attached hydrogen (secondary N) is 1. The fourth-order valence-electron chi connectivity index (χ4n) is 2.61. The van der Waals surface area contributed by atoms with Gasteiger partial charge in [0.05, 0.1) is 17.5 Å². The van der Waals surface area contributed by atoms with Crippen LogP contribution in [0.1, 0.15) is 29.7 Å². The molecule has 2 aromatic carbocycles. The smallest absolute Gasteiger partial charge is 0.230 e. The molecule has 8 heteroatoms. The minimum absolute atomic E-state index is 0.109. The van der Waals surface area contributed by atoms with Gasteiger partial charge < -0.3 is 5.32 Å². The van der Waals surface area contributed by atoms with E-state index in [1.165, 1.54) is 17.3 Å². The quantitative estimate of drug-likeness (QED) is 0.634. The number of aromatic nitrogens is 4. The Morgan fingerprint density at radius 3 is 2.74 bits per heavy atom. The number of benzene rings is 2. The van der Waals surface area contributed by atoms with Crippen LogP contribution >= 0.6 is 23.4 Å². The first-order valence-corrected chi connectivity index (χ1v) is 9.84. The summed E-state index contributed by atoms with van der Waals surface area (Å²) in [5.41, 5.74) is 4.12. The lowest BCUT2D eigenvalue weighted by Gasteiger charge is -2.15. The van der Waals surface area contributed by atoms with Gasteiger partial charge in [-0.05, 0) is 66.1 Å². The normalized spacial score (nSPS) is 12.0. The molecule has 1 aromatic heterocycles. The molecule has 0 bridgehead atoms. The average molecular weight is 402 g/mol. The molecule has 0 saturated heterocycles. The van der Waals surface area contributed by atoms with Gasteiger partial charge in [-0.25, -0.2) is 0 Å². The van der Waals surface area contributed by atoms with Crippen molar-refractivity contribution in [3.8, 4) is 5.69 Å². The van der Waals surface area contributed by atoms with Crippen LogP contribution < -0.4 is 5.32 Å². The molecule has 0 aliphatic heterocycles. The molecule has 1 heterocycles. The van der Waals surface area contributed by atoms with Gasteiger partial charge in [-0.1, -0.05) is 47.6 Å². The fourth-order valence-corrected chi connectivity index (χ4v) is 3.61. The van der Waals surface area contributed by atoms with Crippen LogP contribution in [0.4, 0.5) is 0 Å². The summed E-state index contributed by atoms with van der Waals surface area (Å²) in [7, 11) is 0. The minimum Gasteiger partial charge on any atom is -0.349 e. The second-order valence-corrected chi connectivity index (χ2v) is 7.59. The van der Waals surface area contributed by atoms with Crippen molar-refractivity contribution < 1.29 is 4.79 Å². The number of halogens is 1. The summed E-state index contributed by atoms with van der Waals surface area (Å²) in [6.07, 6.45) is 0. The highest BCUT2D eigenvalue weighted by Gasteiger charge is 2.15. The van der Waals surface area contributed by atoms with Gasteiger partial charge in [0.2, 0.25) is 11.1 Å². The number of tetrazole rings is 1. The van der Waals surface area contributed by atoms with Crippen molar-refractivity contribution in [2.45, 2.75) is 32.0 Å². The fraction of sp³-hybridized carbons (Fsp3) is 0.263. The SMILES string of the molecule is Cc1ccc(-n2nnnc2SCC(=O)N[C@H](C)c2ccccc2Cl)cc1C. The number of rotatable bonds is 6. The second kappa shape index (κ2) is 8.54. The van der Waals surface area contributed by atoms with Crippen molar-refractivity contribution in [3.63, 3.8) is 0 Å². The van der Waals surface area contributed by atoms with Crippen molar-refractivity contribution in [2.75, 3.05) is 5.75 Å². The first kappa shape index (κ1) is 19.4. The molecule has 0 radical (unpaired) electrons. The van der Waals surface area contributed by atoms with E-state index in [2.05, 4.69) is 27.8 Å². The van der Waals surface area contributed by atoms with Crippen molar-refractivity contribution in [2.24, 2.45) is 0 Å². The lowest BCUT2D eigenvalue weighted by Crippen LogP contribution is -2.28. The molecular formula is C19H20ClN5OS. The van der Waals surface area contributed by atoms with E-state index in [1.807, 2.05) is 56.3 Å². The van der Waals surface area contributed by atoms with E-state index in [0.29, 0.717) is 10.2 Å². The average Bonchev–Trinajstić information content (AvgIpc) is 3.11. The van der Waals surface area contributed by atoms with E-state index in [-0.39, 0.29) is 17.7 Å². The molecule has 1 atom stereocenters. The number of carbonyl (C=O) groups excluding carboxylic acids is 1. The van der Waals surface area contributed by atoms with Crippen molar-refractivity contribution in [3.05, 3.63) is 64.2 Å². The van der Waals surface area contributed by atoms with Crippen LogP contribution in [0.15, 0.2) is 47.6 Å². The Morgan fingerprint density at radius 2 is 2.00 bits per heavy atom. The molecule has 1 N–H and O–H groups in total. The van der Waals surface area contributed by atoms with Crippen LogP contribution in [0.3, 0.4) is 0 Å². The minimum atomic E-state index is -0.178. The van der Waals surface area contributed by atoms with Gasteiger partial charge in [-0.3, -0.25) is 4.79 Å². The summed E-state index contributed by atoms with van der Waals surface area (Å²) in [6.45, 7) is 6.00. The van der Waals surface area contributed by atoms with E-state index in [9.17, 15) is 4.79 Å². The maximum atomic E-state index is 12.3. The molecule has 6 nitrogen and oxygen atoms in total. The first-order chi connectivity index (χ1) is 13.0. The van der Waals surface area contributed by atoms with Crippen LogP contribution in [-0.2, 0) is 4.79 Å². The molecule has 0 aliphatic carbocycles. The predicted molar refractivity (Wildman–Crippen MR) is 107 cm³/mol. The Bertz CT molecular complexity index is 959. The van der Waals surface area contributed by atoms with E-state index < -0.39 is 0 Å². The van der Waals surface area contributed by atoms with Crippen molar-refractivity contribution in [1.82, 2.24) is 25.5 Å². The predicted octanol–water partition coefficient (Wildman–Crippen LogP) is 3.90. The number of carbonyl (C=O) groups is 1. The summed E-state index contributed by atoms with van der Waals surface area (Å²) < 4.78 is 1.64. The lowest BCUT2D eigenvalue weighted by molar-refractivity contribution is -0.119. The monoisotopic (exact) mass is 401 g/mol. The third-order valence-electron chi connectivity index (χ3n) is 4.26. The van der Waals surface area contributed by atoms with E-state index >= 15 is 0 Å². The molecule has 140 valence electrons. The highest BCUT2D eigenvalue weighted by Crippen LogP contribution is 2.23. The zero-order valence-corrected chi connectivity index (χ0v) is 16.9. The summed E-state index contributed by atoms with van der Waals surface area (Å²) in [6, 6.07) is 13.3. The Kier molecular flexibility index (Phi) is 6.13. The van der Waals surface area contributed by atoms with Gasteiger partial charge in [0.25, 0.3) is 0 Å². The maximum absolute atomic E-state index is 12.3. The maximum Gasteiger partial charge on any atom is 0.230 e. The van der Waals surface area contributed by atoms with Gasteiger partial charge in [0, 0.05) is 5.02 Å². The zero-order chi connectivity index (χ0) is 19.4. The molecule has 0 spiro atoms.